The fourth-order valence-electron chi connectivity index (χ4n) is 3.22. The number of hydrogen-bond donors (Lipinski definition) is 2. The van der Waals surface area contributed by atoms with Crippen LogP contribution in [0.1, 0.15) is 10.4 Å². The van der Waals surface area contributed by atoms with E-state index in [-0.39, 0.29) is 28.6 Å². The molecular weight excluding hydrogens is 470 g/mol. The third-order valence-corrected chi connectivity index (χ3v) is 5.96. The summed E-state index contributed by atoms with van der Waals surface area (Å²) in [6, 6.07) is 21.9. The number of nitrogens with one attached hydrogen (secondary N) is 2. The van der Waals surface area contributed by atoms with Crippen molar-refractivity contribution in [2.24, 2.45) is 0 Å². The van der Waals surface area contributed by atoms with E-state index in [0.717, 1.165) is 10.6 Å². The molecule has 10 heteroatoms. The van der Waals surface area contributed by atoms with Crippen LogP contribution in [0.25, 0.3) is 0 Å². The van der Waals surface area contributed by atoms with Gasteiger partial charge in [0.1, 0.15) is 12.3 Å². The molecule has 0 atom stereocenters. The zero-order valence-corrected chi connectivity index (χ0v) is 20.2. The van der Waals surface area contributed by atoms with Crippen LogP contribution in [-0.2, 0) is 19.6 Å². The number of sulfonamides is 1. The Balaban J connectivity index is 1.82. The molecule has 3 aromatic rings. The smallest absolute Gasteiger partial charge is 0.253 e. The third-order valence-electron chi connectivity index (χ3n) is 4.83. The lowest BCUT2D eigenvalue weighted by Crippen LogP contribution is -2.38. The number of hydrogen-bond acceptors (Lipinski definition) is 6. The minimum absolute atomic E-state index is 0.208. The summed E-state index contributed by atoms with van der Waals surface area (Å²) in [6.45, 7) is 0.124. The molecule has 2 N–H and O–H groups in total. The maximum absolute atomic E-state index is 12.9. The number of amides is 2. The molecular formula is C25H27N3O6S. The van der Waals surface area contributed by atoms with Gasteiger partial charge >= 0.3 is 0 Å². The lowest BCUT2D eigenvalue weighted by atomic mass is 10.1. The molecule has 3 rings (SSSR count). The van der Waals surface area contributed by atoms with E-state index in [2.05, 4.69) is 10.6 Å². The minimum atomic E-state index is -3.86. The molecule has 0 heterocycles. The number of benzene rings is 3. The maximum Gasteiger partial charge on any atom is 0.253 e. The molecule has 35 heavy (non-hydrogen) atoms. The number of rotatable bonds is 11. The van der Waals surface area contributed by atoms with E-state index >= 15 is 0 Å². The van der Waals surface area contributed by atoms with E-state index in [1.165, 1.54) is 7.11 Å². The summed E-state index contributed by atoms with van der Waals surface area (Å²) < 4.78 is 37.1. The molecule has 2 amide bonds. The molecule has 0 fully saturated rings. The van der Waals surface area contributed by atoms with Gasteiger partial charge in [0, 0.05) is 13.7 Å². The van der Waals surface area contributed by atoms with Gasteiger partial charge in [-0.05, 0) is 36.4 Å². The average molecular weight is 498 g/mol. The molecule has 0 bridgehead atoms. The number of ether oxygens (including phenoxy) is 2. The Hall–Kier alpha value is -3.89. The van der Waals surface area contributed by atoms with Crippen LogP contribution in [0.3, 0.4) is 0 Å². The Morgan fingerprint density at radius 1 is 0.914 bits per heavy atom. The second kappa shape index (κ2) is 12.0. The number of nitrogens with zero attached hydrogens (tertiary/aromatic N) is 1. The molecule has 0 saturated heterocycles. The molecule has 0 radical (unpaired) electrons. The van der Waals surface area contributed by atoms with Crippen LogP contribution >= 0.6 is 0 Å². The topological polar surface area (TPSA) is 114 Å². The second-order valence-electron chi connectivity index (χ2n) is 7.49. The highest BCUT2D eigenvalue weighted by Crippen LogP contribution is 2.33. The number of anilines is 2. The molecule has 0 unspecified atom stereocenters. The van der Waals surface area contributed by atoms with E-state index in [1.54, 1.807) is 72.8 Å². The normalized spacial score (nSPS) is 10.9. The quantitative estimate of drug-likeness (QED) is 0.393. The van der Waals surface area contributed by atoms with Crippen LogP contribution in [0.2, 0.25) is 0 Å². The van der Waals surface area contributed by atoms with Gasteiger partial charge in [-0.25, -0.2) is 8.42 Å². The number of carbonyl (C=O) groups excluding carboxylic acids is 2. The molecule has 0 aromatic heterocycles. The zero-order chi connectivity index (χ0) is 25.3. The summed E-state index contributed by atoms with van der Waals surface area (Å²) in [5.41, 5.74) is 0.713. The van der Waals surface area contributed by atoms with E-state index in [9.17, 15) is 18.0 Å². The van der Waals surface area contributed by atoms with Crippen molar-refractivity contribution >= 4 is 33.2 Å². The first-order chi connectivity index (χ1) is 16.8. The van der Waals surface area contributed by atoms with Crippen molar-refractivity contribution in [2.75, 3.05) is 42.7 Å². The van der Waals surface area contributed by atoms with Crippen molar-refractivity contribution in [3.8, 4) is 11.5 Å². The van der Waals surface area contributed by atoms with E-state index < -0.39 is 22.5 Å². The summed E-state index contributed by atoms with van der Waals surface area (Å²) in [7, 11) is -2.34. The largest absolute Gasteiger partial charge is 0.455 e. The van der Waals surface area contributed by atoms with Crippen molar-refractivity contribution in [1.82, 2.24) is 5.32 Å². The summed E-state index contributed by atoms with van der Waals surface area (Å²) in [5, 5.41) is 5.34. The van der Waals surface area contributed by atoms with E-state index in [4.69, 9.17) is 9.47 Å². The molecule has 0 aliphatic rings. The monoisotopic (exact) mass is 497 g/mol. The number of para-hydroxylation sites is 4. The fourth-order valence-corrected chi connectivity index (χ4v) is 4.08. The summed E-state index contributed by atoms with van der Waals surface area (Å²) >= 11 is 0. The van der Waals surface area contributed by atoms with Crippen molar-refractivity contribution in [3.05, 3.63) is 84.4 Å². The third kappa shape index (κ3) is 7.29. The lowest BCUT2D eigenvalue weighted by molar-refractivity contribution is -0.114. The fraction of sp³-hybridized carbons (Fsp3) is 0.200. The van der Waals surface area contributed by atoms with Crippen LogP contribution in [0.15, 0.2) is 78.9 Å². The van der Waals surface area contributed by atoms with Gasteiger partial charge in [0.2, 0.25) is 15.9 Å². The summed E-state index contributed by atoms with van der Waals surface area (Å²) in [4.78, 5) is 25.4. The molecule has 0 aliphatic carbocycles. The first kappa shape index (κ1) is 25.7. The van der Waals surface area contributed by atoms with Gasteiger partial charge in [-0.15, -0.1) is 0 Å². The summed E-state index contributed by atoms with van der Waals surface area (Å²) in [6.07, 6.45) is 1.01. The summed E-state index contributed by atoms with van der Waals surface area (Å²) in [5.74, 6) is -0.220. The maximum atomic E-state index is 12.9. The second-order valence-corrected chi connectivity index (χ2v) is 9.40. The highest BCUT2D eigenvalue weighted by molar-refractivity contribution is 7.92. The highest BCUT2D eigenvalue weighted by atomic mass is 32.2. The zero-order valence-electron chi connectivity index (χ0n) is 19.4. The average Bonchev–Trinajstić information content (AvgIpc) is 2.83. The first-order valence-electron chi connectivity index (χ1n) is 10.7. The molecule has 0 aliphatic heterocycles. The standard InChI is InChI=1S/C25H27N3O6S/c1-33-17-16-26-25(30)20-12-6-7-13-21(20)27-24(29)18-28(35(2,31)32)22-14-8-9-15-23(22)34-19-10-4-3-5-11-19/h3-15H,16-18H2,1-2H3,(H,26,30)(H,27,29). The Bertz CT molecular complexity index is 1260. The molecule has 9 nitrogen and oxygen atoms in total. The van der Waals surface area contributed by atoms with Gasteiger partial charge < -0.3 is 20.1 Å². The van der Waals surface area contributed by atoms with Gasteiger partial charge in [-0.2, -0.15) is 0 Å². The van der Waals surface area contributed by atoms with Crippen LogP contribution in [0.5, 0.6) is 11.5 Å². The van der Waals surface area contributed by atoms with Gasteiger partial charge in [0.25, 0.3) is 5.91 Å². The Labute approximate surface area is 204 Å². The molecule has 3 aromatic carbocycles. The van der Waals surface area contributed by atoms with Crippen molar-refractivity contribution in [3.63, 3.8) is 0 Å². The van der Waals surface area contributed by atoms with Crippen LogP contribution in [0, 0.1) is 0 Å². The van der Waals surface area contributed by atoms with E-state index in [0.29, 0.717) is 18.9 Å². The number of carbonyl (C=O) groups is 2. The van der Waals surface area contributed by atoms with Crippen molar-refractivity contribution in [1.29, 1.82) is 0 Å². The Morgan fingerprint density at radius 3 is 2.29 bits per heavy atom. The lowest BCUT2D eigenvalue weighted by Gasteiger charge is -2.24. The van der Waals surface area contributed by atoms with Gasteiger partial charge in [-0.1, -0.05) is 42.5 Å². The van der Waals surface area contributed by atoms with Gasteiger partial charge in [0.05, 0.1) is 29.8 Å². The minimum Gasteiger partial charge on any atom is -0.455 e. The van der Waals surface area contributed by atoms with Crippen LogP contribution in [-0.4, -0.2) is 53.3 Å². The van der Waals surface area contributed by atoms with Crippen LogP contribution in [0.4, 0.5) is 11.4 Å². The van der Waals surface area contributed by atoms with Crippen LogP contribution < -0.4 is 19.7 Å². The molecule has 0 spiro atoms. The van der Waals surface area contributed by atoms with E-state index in [1.807, 2.05) is 6.07 Å². The first-order valence-corrected chi connectivity index (χ1v) is 12.6. The van der Waals surface area contributed by atoms with Gasteiger partial charge in [-0.3, -0.25) is 13.9 Å². The SMILES string of the molecule is COCCNC(=O)c1ccccc1NC(=O)CN(c1ccccc1Oc1ccccc1)S(C)(=O)=O. The van der Waals surface area contributed by atoms with Crippen molar-refractivity contribution < 1.29 is 27.5 Å². The Kier molecular flexibility index (Phi) is 8.82. The van der Waals surface area contributed by atoms with Gasteiger partial charge in [0.15, 0.2) is 5.75 Å². The number of methoxy groups -OCH3 is 1. The Morgan fingerprint density at radius 2 is 1.57 bits per heavy atom. The van der Waals surface area contributed by atoms with Crippen molar-refractivity contribution in [2.45, 2.75) is 0 Å². The highest BCUT2D eigenvalue weighted by Gasteiger charge is 2.25. The predicted octanol–water partition coefficient (Wildman–Crippen LogP) is 3.26. The predicted molar refractivity (Wildman–Crippen MR) is 134 cm³/mol. The molecule has 184 valence electrons. The molecule has 0 saturated carbocycles.